The maximum atomic E-state index is 13.6. The van der Waals surface area contributed by atoms with Crippen LogP contribution in [0.15, 0.2) is 18.2 Å². The summed E-state index contributed by atoms with van der Waals surface area (Å²) in [6.07, 6.45) is 2.20. The van der Waals surface area contributed by atoms with Gasteiger partial charge in [-0.1, -0.05) is 23.7 Å². The fourth-order valence-electron chi connectivity index (χ4n) is 1.67. The van der Waals surface area contributed by atoms with Crippen molar-refractivity contribution < 1.29 is 4.39 Å². The standard InChI is InChI=1S/C10H12ClFN2/c11-8-3-1-2-7(9(8)12)10(14-13)6-4-5-6/h1-3,6,10,14H,4-5,13H2. The Morgan fingerprint density at radius 1 is 1.50 bits per heavy atom. The largest absolute Gasteiger partial charge is 0.271 e. The molecule has 1 fully saturated rings. The Hall–Kier alpha value is -0.640. The second-order valence-electron chi connectivity index (χ2n) is 3.62. The highest BCUT2D eigenvalue weighted by molar-refractivity contribution is 6.30. The summed E-state index contributed by atoms with van der Waals surface area (Å²) in [4.78, 5) is 0. The van der Waals surface area contributed by atoms with Gasteiger partial charge in [0.2, 0.25) is 0 Å². The van der Waals surface area contributed by atoms with E-state index < -0.39 is 0 Å². The van der Waals surface area contributed by atoms with Gasteiger partial charge in [-0.05, 0) is 24.8 Å². The van der Waals surface area contributed by atoms with Crippen LogP contribution in [0.3, 0.4) is 0 Å². The maximum Gasteiger partial charge on any atom is 0.146 e. The van der Waals surface area contributed by atoms with E-state index in [0.717, 1.165) is 12.8 Å². The number of rotatable bonds is 3. The molecule has 0 saturated heterocycles. The highest BCUT2D eigenvalue weighted by Gasteiger charge is 2.33. The molecule has 1 atom stereocenters. The number of hydrogen-bond acceptors (Lipinski definition) is 2. The summed E-state index contributed by atoms with van der Waals surface area (Å²) in [5, 5.41) is 0.156. The monoisotopic (exact) mass is 214 g/mol. The second-order valence-corrected chi connectivity index (χ2v) is 4.03. The molecular weight excluding hydrogens is 203 g/mol. The lowest BCUT2D eigenvalue weighted by Gasteiger charge is -2.16. The van der Waals surface area contributed by atoms with Crippen LogP contribution in [0.5, 0.6) is 0 Å². The molecule has 0 aromatic heterocycles. The van der Waals surface area contributed by atoms with Crippen LogP contribution in [-0.2, 0) is 0 Å². The first-order chi connectivity index (χ1) is 6.74. The molecule has 2 nitrogen and oxygen atoms in total. The van der Waals surface area contributed by atoms with Crippen molar-refractivity contribution in [2.45, 2.75) is 18.9 Å². The van der Waals surface area contributed by atoms with Crippen molar-refractivity contribution in [2.75, 3.05) is 0 Å². The van der Waals surface area contributed by atoms with E-state index in [-0.39, 0.29) is 16.9 Å². The van der Waals surface area contributed by atoms with Crippen molar-refractivity contribution in [2.24, 2.45) is 11.8 Å². The predicted octanol–water partition coefficient (Wildman–Crippen LogP) is 2.39. The second kappa shape index (κ2) is 3.85. The molecule has 1 aliphatic carbocycles. The van der Waals surface area contributed by atoms with Gasteiger partial charge in [-0.25, -0.2) is 4.39 Å². The van der Waals surface area contributed by atoms with Gasteiger partial charge in [-0.3, -0.25) is 11.3 Å². The Labute approximate surface area is 87.2 Å². The third-order valence-corrected chi connectivity index (χ3v) is 2.88. The van der Waals surface area contributed by atoms with Crippen molar-refractivity contribution in [1.29, 1.82) is 0 Å². The van der Waals surface area contributed by atoms with Gasteiger partial charge in [0.25, 0.3) is 0 Å². The number of halogens is 2. The van der Waals surface area contributed by atoms with E-state index in [1.165, 1.54) is 0 Å². The first-order valence-electron chi connectivity index (χ1n) is 4.64. The van der Waals surface area contributed by atoms with Gasteiger partial charge in [0.15, 0.2) is 0 Å². The minimum atomic E-state index is -0.357. The third kappa shape index (κ3) is 1.75. The zero-order chi connectivity index (χ0) is 10.1. The molecule has 0 amide bonds. The smallest absolute Gasteiger partial charge is 0.146 e. The van der Waals surface area contributed by atoms with Crippen LogP contribution in [0.4, 0.5) is 4.39 Å². The average molecular weight is 215 g/mol. The fourth-order valence-corrected chi connectivity index (χ4v) is 1.85. The van der Waals surface area contributed by atoms with Crippen molar-refractivity contribution in [3.05, 3.63) is 34.6 Å². The van der Waals surface area contributed by atoms with E-state index in [0.29, 0.717) is 11.5 Å². The van der Waals surface area contributed by atoms with E-state index in [1.54, 1.807) is 18.2 Å². The number of benzene rings is 1. The highest BCUT2D eigenvalue weighted by atomic mass is 35.5. The van der Waals surface area contributed by atoms with Gasteiger partial charge in [0.05, 0.1) is 11.1 Å². The maximum absolute atomic E-state index is 13.6. The number of hydrogen-bond donors (Lipinski definition) is 2. The van der Waals surface area contributed by atoms with Crippen LogP contribution in [0.25, 0.3) is 0 Å². The highest BCUT2D eigenvalue weighted by Crippen LogP contribution is 2.41. The number of nitrogens with two attached hydrogens (primary N) is 1. The van der Waals surface area contributed by atoms with Crippen LogP contribution >= 0.6 is 11.6 Å². The summed E-state index contributed by atoms with van der Waals surface area (Å²) < 4.78 is 13.6. The zero-order valence-corrected chi connectivity index (χ0v) is 8.39. The molecule has 14 heavy (non-hydrogen) atoms. The van der Waals surface area contributed by atoms with E-state index in [4.69, 9.17) is 17.4 Å². The van der Waals surface area contributed by atoms with Crippen molar-refractivity contribution >= 4 is 11.6 Å². The molecule has 0 heterocycles. The molecule has 4 heteroatoms. The molecule has 0 bridgehead atoms. The minimum absolute atomic E-state index is 0.103. The van der Waals surface area contributed by atoms with Gasteiger partial charge in [-0.15, -0.1) is 0 Å². The van der Waals surface area contributed by atoms with Crippen LogP contribution in [-0.4, -0.2) is 0 Å². The van der Waals surface area contributed by atoms with Gasteiger partial charge in [0.1, 0.15) is 5.82 Å². The molecule has 2 rings (SSSR count). The fraction of sp³-hybridized carbons (Fsp3) is 0.400. The summed E-state index contributed by atoms with van der Waals surface area (Å²) in [5.74, 6) is 5.50. The summed E-state index contributed by atoms with van der Waals surface area (Å²) >= 11 is 5.70. The molecule has 1 aromatic rings. The normalized spacial score (nSPS) is 18.2. The first kappa shape index (κ1) is 9.90. The Morgan fingerprint density at radius 2 is 2.21 bits per heavy atom. The summed E-state index contributed by atoms with van der Waals surface area (Å²) in [6.45, 7) is 0. The molecule has 0 radical (unpaired) electrons. The minimum Gasteiger partial charge on any atom is -0.271 e. The summed E-state index contributed by atoms with van der Waals surface area (Å²) in [5.41, 5.74) is 3.22. The molecule has 0 spiro atoms. The van der Waals surface area contributed by atoms with Gasteiger partial charge in [-0.2, -0.15) is 0 Å². The Kier molecular flexibility index (Phi) is 2.72. The Balaban J connectivity index is 2.33. The van der Waals surface area contributed by atoms with Crippen LogP contribution in [0, 0.1) is 11.7 Å². The van der Waals surface area contributed by atoms with Crippen molar-refractivity contribution in [3.8, 4) is 0 Å². The van der Waals surface area contributed by atoms with E-state index in [2.05, 4.69) is 5.43 Å². The lowest BCUT2D eigenvalue weighted by atomic mass is 10.0. The number of hydrazine groups is 1. The Bertz CT molecular complexity index is 339. The van der Waals surface area contributed by atoms with Gasteiger partial charge >= 0.3 is 0 Å². The van der Waals surface area contributed by atoms with Crippen LogP contribution in [0.1, 0.15) is 24.4 Å². The summed E-state index contributed by atoms with van der Waals surface area (Å²) in [7, 11) is 0. The molecule has 1 aliphatic rings. The topological polar surface area (TPSA) is 38.0 Å². The zero-order valence-electron chi connectivity index (χ0n) is 7.63. The Morgan fingerprint density at radius 3 is 2.79 bits per heavy atom. The predicted molar refractivity (Wildman–Crippen MR) is 54.2 cm³/mol. The first-order valence-corrected chi connectivity index (χ1v) is 5.02. The van der Waals surface area contributed by atoms with Crippen LogP contribution in [0.2, 0.25) is 5.02 Å². The van der Waals surface area contributed by atoms with E-state index in [1.807, 2.05) is 0 Å². The molecule has 76 valence electrons. The van der Waals surface area contributed by atoms with Gasteiger partial charge in [0, 0.05) is 5.56 Å². The molecular formula is C10H12ClFN2. The van der Waals surface area contributed by atoms with E-state index in [9.17, 15) is 4.39 Å². The lowest BCUT2D eigenvalue weighted by molar-refractivity contribution is 0.469. The SMILES string of the molecule is NNC(c1cccc(Cl)c1F)C1CC1. The molecule has 1 unspecified atom stereocenters. The lowest BCUT2D eigenvalue weighted by Crippen LogP contribution is -2.30. The summed E-state index contributed by atoms with van der Waals surface area (Å²) in [6, 6.07) is 4.91. The molecule has 0 aliphatic heterocycles. The molecule has 1 saturated carbocycles. The van der Waals surface area contributed by atoms with Crippen molar-refractivity contribution in [1.82, 2.24) is 5.43 Å². The molecule has 1 aromatic carbocycles. The number of nitrogens with one attached hydrogen (secondary N) is 1. The third-order valence-electron chi connectivity index (χ3n) is 2.59. The quantitative estimate of drug-likeness (QED) is 0.599. The van der Waals surface area contributed by atoms with Crippen LogP contribution < -0.4 is 11.3 Å². The van der Waals surface area contributed by atoms with E-state index >= 15 is 0 Å². The molecule has 3 N–H and O–H groups in total. The van der Waals surface area contributed by atoms with Crippen molar-refractivity contribution in [3.63, 3.8) is 0 Å². The van der Waals surface area contributed by atoms with Gasteiger partial charge < -0.3 is 0 Å². The average Bonchev–Trinajstić information content (AvgIpc) is 2.97.